The Morgan fingerprint density at radius 3 is 2.79 bits per heavy atom. The summed E-state index contributed by atoms with van der Waals surface area (Å²) >= 11 is 1.82. The third kappa shape index (κ3) is 2.64. The second-order valence-corrected chi connectivity index (χ2v) is 5.53. The molecule has 1 amide bonds. The molecule has 1 unspecified atom stereocenters. The number of nitrogens with zero attached hydrogens (tertiary/aromatic N) is 1. The Kier molecular flexibility index (Phi) is 3.34. The lowest BCUT2D eigenvalue weighted by Gasteiger charge is -2.15. The van der Waals surface area contributed by atoms with E-state index in [4.69, 9.17) is 5.73 Å². The van der Waals surface area contributed by atoms with E-state index < -0.39 is 0 Å². The van der Waals surface area contributed by atoms with Crippen LogP contribution in [-0.4, -0.2) is 41.4 Å². The molecule has 2 aliphatic rings. The lowest BCUT2D eigenvalue weighted by Crippen LogP contribution is -2.31. The van der Waals surface area contributed by atoms with Crippen LogP contribution in [0.15, 0.2) is 0 Å². The van der Waals surface area contributed by atoms with Crippen LogP contribution in [0.25, 0.3) is 0 Å². The van der Waals surface area contributed by atoms with E-state index in [1.807, 2.05) is 16.7 Å². The molecule has 4 heteroatoms. The fraction of sp³-hybridized carbons (Fsp3) is 0.900. The molecule has 1 heterocycles. The molecule has 0 aromatic heterocycles. The van der Waals surface area contributed by atoms with Crippen molar-refractivity contribution in [2.75, 3.05) is 25.4 Å². The number of likely N-dealkylation sites (tertiary alicyclic amines) is 1. The van der Waals surface area contributed by atoms with E-state index in [0.29, 0.717) is 17.6 Å². The number of nitrogens with two attached hydrogens (primary N) is 1. The first-order valence-corrected chi connectivity index (χ1v) is 6.44. The lowest BCUT2D eigenvalue weighted by molar-refractivity contribution is -0.127. The van der Waals surface area contributed by atoms with Gasteiger partial charge in [-0.15, -0.1) is 11.8 Å². The summed E-state index contributed by atoms with van der Waals surface area (Å²) in [5.74, 6) is 1.55. The van der Waals surface area contributed by atoms with Gasteiger partial charge in [0.25, 0.3) is 0 Å². The minimum Gasteiger partial charge on any atom is -0.342 e. The molecule has 0 radical (unpaired) electrons. The number of thioether (sulfide) groups is 1. The van der Waals surface area contributed by atoms with Crippen LogP contribution in [0.4, 0.5) is 0 Å². The maximum Gasteiger partial charge on any atom is 0.232 e. The Bertz CT molecular complexity index is 218. The smallest absolute Gasteiger partial charge is 0.232 e. The number of carbonyl (C=O) groups is 1. The average Bonchev–Trinajstić information content (AvgIpc) is 2.90. The third-order valence-electron chi connectivity index (χ3n) is 2.94. The van der Waals surface area contributed by atoms with Gasteiger partial charge in [0.1, 0.15) is 0 Å². The molecule has 14 heavy (non-hydrogen) atoms. The van der Waals surface area contributed by atoms with Crippen molar-refractivity contribution in [3.05, 3.63) is 0 Å². The summed E-state index contributed by atoms with van der Waals surface area (Å²) in [6, 6.07) is 0. The fourth-order valence-electron chi connectivity index (χ4n) is 1.77. The summed E-state index contributed by atoms with van der Waals surface area (Å²) in [6.07, 6.45) is 3.71. The minimum absolute atomic E-state index is 0.317. The van der Waals surface area contributed by atoms with Crippen molar-refractivity contribution in [1.29, 1.82) is 0 Å². The SMILES string of the molecule is NCC1CCN(C(=O)CSC2CC2)C1. The monoisotopic (exact) mass is 214 g/mol. The molecule has 0 bridgehead atoms. The molecule has 1 saturated carbocycles. The van der Waals surface area contributed by atoms with Gasteiger partial charge in [0.05, 0.1) is 5.75 Å². The molecule has 1 atom stereocenters. The van der Waals surface area contributed by atoms with Gasteiger partial charge in [-0.25, -0.2) is 0 Å². The highest BCUT2D eigenvalue weighted by molar-refractivity contribution is 8.00. The largest absolute Gasteiger partial charge is 0.342 e. The van der Waals surface area contributed by atoms with E-state index in [1.165, 1.54) is 12.8 Å². The highest BCUT2D eigenvalue weighted by Crippen LogP contribution is 2.34. The highest BCUT2D eigenvalue weighted by atomic mass is 32.2. The molecular weight excluding hydrogens is 196 g/mol. The zero-order valence-electron chi connectivity index (χ0n) is 8.45. The van der Waals surface area contributed by atoms with Gasteiger partial charge in [-0.2, -0.15) is 0 Å². The van der Waals surface area contributed by atoms with Crippen LogP contribution in [0.3, 0.4) is 0 Å². The van der Waals surface area contributed by atoms with Crippen LogP contribution < -0.4 is 5.73 Å². The second-order valence-electron chi connectivity index (χ2n) is 4.24. The first-order chi connectivity index (χ1) is 6.79. The molecule has 0 aromatic carbocycles. The van der Waals surface area contributed by atoms with Crippen LogP contribution in [-0.2, 0) is 4.79 Å². The molecule has 1 aliphatic heterocycles. The van der Waals surface area contributed by atoms with E-state index in [9.17, 15) is 4.79 Å². The van der Waals surface area contributed by atoms with Gasteiger partial charge in [-0.05, 0) is 31.7 Å². The molecule has 1 aliphatic carbocycles. The number of hydrogen-bond donors (Lipinski definition) is 1. The fourth-order valence-corrected chi connectivity index (χ4v) is 2.80. The summed E-state index contributed by atoms with van der Waals surface area (Å²) in [4.78, 5) is 13.7. The Hall–Kier alpha value is -0.220. The second kappa shape index (κ2) is 4.53. The van der Waals surface area contributed by atoms with Gasteiger partial charge in [-0.1, -0.05) is 0 Å². The predicted molar refractivity (Wildman–Crippen MR) is 59.2 cm³/mol. The van der Waals surface area contributed by atoms with Gasteiger partial charge in [0.2, 0.25) is 5.91 Å². The summed E-state index contributed by atoms with van der Waals surface area (Å²) in [5, 5.41) is 0.784. The zero-order valence-corrected chi connectivity index (χ0v) is 9.26. The number of hydrogen-bond acceptors (Lipinski definition) is 3. The van der Waals surface area contributed by atoms with Gasteiger partial charge >= 0.3 is 0 Å². The van der Waals surface area contributed by atoms with Gasteiger partial charge in [-0.3, -0.25) is 4.79 Å². The van der Waals surface area contributed by atoms with Crippen LogP contribution in [0, 0.1) is 5.92 Å². The van der Waals surface area contributed by atoms with Crippen molar-refractivity contribution in [2.24, 2.45) is 11.7 Å². The maximum absolute atomic E-state index is 11.7. The molecule has 2 N–H and O–H groups in total. The van der Waals surface area contributed by atoms with Gasteiger partial charge < -0.3 is 10.6 Å². The first kappa shape index (κ1) is 10.3. The quantitative estimate of drug-likeness (QED) is 0.749. The van der Waals surface area contributed by atoms with Crippen molar-refractivity contribution >= 4 is 17.7 Å². The van der Waals surface area contributed by atoms with Crippen LogP contribution in [0.5, 0.6) is 0 Å². The van der Waals surface area contributed by atoms with Gasteiger partial charge in [0.15, 0.2) is 0 Å². The maximum atomic E-state index is 11.7. The molecule has 80 valence electrons. The first-order valence-electron chi connectivity index (χ1n) is 5.39. The molecule has 3 nitrogen and oxygen atoms in total. The molecular formula is C10H18N2OS. The summed E-state index contributed by atoms with van der Waals surface area (Å²) in [7, 11) is 0. The Balaban J connectivity index is 1.69. The average molecular weight is 214 g/mol. The predicted octanol–water partition coefficient (Wildman–Crippen LogP) is 0.689. The van der Waals surface area contributed by atoms with Crippen molar-refractivity contribution < 1.29 is 4.79 Å². The molecule has 1 saturated heterocycles. The number of amides is 1. The Morgan fingerprint density at radius 2 is 2.21 bits per heavy atom. The van der Waals surface area contributed by atoms with E-state index in [-0.39, 0.29) is 0 Å². The van der Waals surface area contributed by atoms with Crippen LogP contribution in [0.2, 0.25) is 0 Å². The van der Waals surface area contributed by atoms with E-state index >= 15 is 0 Å². The zero-order chi connectivity index (χ0) is 9.97. The number of carbonyl (C=O) groups excluding carboxylic acids is 1. The molecule has 0 aromatic rings. The Labute approximate surface area is 89.4 Å². The summed E-state index contributed by atoms with van der Waals surface area (Å²) in [5.41, 5.74) is 5.59. The molecule has 2 fully saturated rings. The minimum atomic E-state index is 0.317. The van der Waals surface area contributed by atoms with Crippen molar-refractivity contribution in [1.82, 2.24) is 4.90 Å². The summed E-state index contributed by atoms with van der Waals surface area (Å²) < 4.78 is 0. The van der Waals surface area contributed by atoms with Crippen LogP contribution in [0.1, 0.15) is 19.3 Å². The summed E-state index contributed by atoms with van der Waals surface area (Å²) in [6.45, 7) is 2.53. The van der Waals surface area contributed by atoms with E-state index in [1.54, 1.807) is 0 Å². The molecule has 2 rings (SSSR count). The normalized spacial score (nSPS) is 26.9. The lowest BCUT2D eigenvalue weighted by atomic mass is 10.1. The van der Waals surface area contributed by atoms with Crippen LogP contribution >= 0.6 is 11.8 Å². The van der Waals surface area contributed by atoms with E-state index in [0.717, 1.165) is 31.3 Å². The standard InChI is InChI=1S/C10H18N2OS/c11-5-8-3-4-12(6-8)10(13)7-14-9-1-2-9/h8-9H,1-7,11H2. The molecule has 0 spiro atoms. The topological polar surface area (TPSA) is 46.3 Å². The van der Waals surface area contributed by atoms with Crippen molar-refractivity contribution in [2.45, 2.75) is 24.5 Å². The van der Waals surface area contributed by atoms with Gasteiger partial charge in [0, 0.05) is 18.3 Å². The van der Waals surface area contributed by atoms with Crippen molar-refractivity contribution in [3.8, 4) is 0 Å². The van der Waals surface area contributed by atoms with E-state index in [2.05, 4.69) is 0 Å². The Morgan fingerprint density at radius 1 is 1.43 bits per heavy atom. The highest BCUT2D eigenvalue weighted by Gasteiger charge is 2.27. The van der Waals surface area contributed by atoms with Crippen molar-refractivity contribution in [3.63, 3.8) is 0 Å². The third-order valence-corrected chi connectivity index (χ3v) is 4.30. The number of rotatable bonds is 4.